The second-order valence-corrected chi connectivity index (χ2v) is 5.11. The molecule has 0 N–H and O–H groups in total. The van der Waals surface area contributed by atoms with Crippen LogP contribution in [0.1, 0.15) is 29.9 Å². The minimum absolute atomic E-state index is 0.169. The highest BCUT2D eigenvalue weighted by Gasteiger charge is 2.33. The zero-order valence-electron chi connectivity index (χ0n) is 10.3. The van der Waals surface area contributed by atoms with Crippen LogP contribution in [0.25, 0.3) is 5.83 Å². The van der Waals surface area contributed by atoms with E-state index in [2.05, 4.69) is 10.1 Å². The normalized spacial score (nSPS) is 30.8. The van der Waals surface area contributed by atoms with Crippen molar-refractivity contribution in [2.45, 2.75) is 26.7 Å². The lowest BCUT2D eigenvalue weighted by Gasteiger charge is -2.40. The van der Waals surface area contributed by atoms with Crippen LogP contribution in [0.4, 0.5) is 4.39 Å². The Balaban J connectivity index is 2.00. The van der Waals surface area contributed by atoms with E-state index in [1.54, 1.807) is 0 Å². The summed E-state index contributed by atoms with van der Waals surface area (Å²) >= 11 is 0. The van der Waals surface area contributed by atoms with E-state index in [-0.39, 0.29) is 5.83 Å². The van der Waals surface area contributed by atoms with Crippen LogP contribution in [0.3, 0.4) is 0 Å². The van der Waals surface area contributed by atoms with Gasteiger partial charge in [-0.25, -0.2) is 4.39 Å². The topological polar surface area (TPSA) is 29.3 Å². The average molecular weight is 236 g/mol. The minimum Gasteiger partial charge on any atom is -0.353 e. The van der Waals surface area contributed by atoms with E-state index in [1.165, 1.54) is 0 Å². The van der Waals surface area contributed by atoms with E-state index in [0.29, 0.717) is 11.7 Å². The third-order valence-electron chi connectivity index (χ3n) is 4.11. The maximum Gasteiger partial charge on any atom is 0.198 e. The number of aromatic nitrogens is 1. The summed E-state index contributed by atoms with van der Waals surface area (Å²) in [5, 5.41) is 3.83. The second kappa shape index (κ2) is 3.95. The summed E-state index contributed by atoms with van der Waals surface area (Å²) in [6.07, 6.45) is 2.16. The van der Waals surface area contributed by atoms with Gasteiger partial charge in [0.25, 0.3) is 0 Å². The first-order valence-electron chi connectivity index (χ1n) is 6.21. The molecule has 0 atom stereocenters. The van der Waals surface area contributed by atoms with Crippen molar-refractivity contribution < 1.29 is 8.91 Å². The fourth-order valence-electron chi connectivity index (χ4n) is 2.82. The van der Waals surface area contributed by atoms with Crippen LogP contribution in [0.2, 0.25) is 0 Å². The Kier molecular flexibility index (Phi) is 2.54. The number of hydrogen-bond acceptors (Lipinski definition) is 3. The molecule has 4 heterocycles. The third-order valence-corrected chi connectivity index (χ3v) is 4.11. The number of nitrogens with zero attached hydrogens (tertiary/aromatic N) is 2. The molecule has 17 heavy (non-hydrogen) atoms. The van der Waals surface area contributed by atoms with E-state index in [0.717, 1.165) is 49.3 Å². The summed E-state index contributed by atoms with van der Waals surface area (Å²) in [5.41, 5.74) is 2.52. The minimum atomic E-state index is -0.169. The molecular weight excluding hydrogens is 219 g/mol. The molecule has 3 nitrogen and oxygen atoms in total. The molecule has 0 saturated carbocycles. The molecule has 3 aliphatic heterocycles. The van der Waals surface area contributed by atoms with Gasteiger partial charge in [0.2, 0.25) is 0 Å². The molecule has 3 saturated heterocycles. The summed E-state index contributed by atoms with van der Waals surface area (Å²) in [4.78, 5) is 2.31. The van der Waals surface area contributed by atoms with E-state index in [9.17, 15) is 4.39 Å². The van der Waals surface area contributed by atoms with Gasteiger partial charge in [-0.1, -0.05) is 5.16 Å². The summed E-state index contributed by atoms with van der Waals surface area (Å²) in [6.45, 7) is 6.68. The van der Waals surface area contributed by atoms with Gasteiger partial charge in [-0.15, -0.1) is 0 Å². The molecule has 92 valence electrons. The van der Waals surface area contributed by atoms with Gasteiger partial charge in [0, 0.05) is 12.1 Å². The average Bonchev–Trinajstić information content (AvgIpc) is 2.71. The van der Waals surface area contributed by atoms with Gasteiger partial charge in [0.1, 0.15) is 0 Å². The van der Waals surface area contributed by atoms with Crippen molar-refractivity contribution in [1.82, 2.24) is 10.1 Å². The largest absolute Gasteiger partial charge is 0.353 e. The molecule has 1 aromatic heterocycles. The first-order chi connectivity index (χ1) is 8.16. The van der Waals surface area contributed by atoms with Crippen LogP contribution in [-0.2, 0) is 0 Å². The molecule has 1 aromatic rings. The van der Waals surface area contributed by atoms with Gasteiger partial charge in [-0.05, 0) is 51.3 Å². The van der Waals surface area contributed by atoms with Crippen LogP contribution in [0.15, 0.2) is 10.1 Å². The van der Waals surface area contributed by atoms with Gasteiger partial charge >= 0.3 is 0 Å². The van der Waals surface area contributed by atoms with Gasteiger partial charge in [0.05, 0.1) is 5.69 Å². The summed E-state index contributed by atoms with van der Waals surface area (Å²) in [5.74, 6) is 0.577. The van der Waals surface area contributed by atoms with E-state index in [4.69, 9.17) is 4.52 Å². The molecule has 0 unspecified atom stereocenters. The maximum atomic E-state index is 14.5. The molecule has 4 rings (SSSR count). The Labute approximate surface area is 100 Å². The fourth-order valence-corrected chi connectivity index (χ4v) is 2.82. The summed E-state index contributed by atoms with van der Waals surface area (Å²) in [7, 11) is 0. The highest BCUT2D eigenvalue weighted by molar-refractivity contribution is 5.62. The Hall–Kier alpha value is -1.16. The van der Waals surface area contributed by atoms with Crippen molar-refractivity contribution in [3.63, 3.8) is 0 Å². The molecule has 0 aromatic carbocycles. The molecular formula is C13H17FN2O. The third kappa shape index (κ3) is 1.71. The zero-order valence-corrected chi connectivity index (χ0v) is 10.3. The van der Waals surface area contributed by atoms with Crippen molar-refractivity contribution in [1.29, 1.82) is 0 Å². The fraction of sp³-hybridized carbons (Fsp3) is 0.615. The SMILES string of the molecule is Cc1noc(/C(F)=C2\CN3CCC2CC3)c1C. The van der Waals surface area contributed by atoms with Gasteiger partial charge in [0.15, 0.2) is 11.6 Å². The molecule has 2 bridgehead atoms. The number of rotatable bonds is 1. The number of hydrogen-bond donors (Lipinski definition) is 0. The molecule has 3 aliphatic rings. The zero-order chi connectivity index (χ0) is 12.0. The Bertz CT molecular complexity index is 470. The Morgan fingerprint density at radius 3 is 2.53 bits per heavy atom. The molecule has 0 radical (unpaired) electrons. The summed E-state index contributed by atoms with van der Waals surface area (Å²) < 4.78 is 19.6. The molecule has 0 amide bonds. The van der Waals surface area contributed by atoms with Crippen molar-refractivity contribution in [3.05, 3.63) is 22.6 Å². The van der Waals surface area contributed by atoms with Gasteiger partial charge in [-0.3, -0.25) is 4.90 Å². The van der Waals surface area contributed by atoms with Crippen molar-refractivity contribution in [3.8, 4) is 0 Å². The number of fused-ring (bicyclic) bond motifs is 3. The second-order valence-electron chi connectivity index (χ2n) is 5.11. The molecule has 4 heteroatoms. The number of halogens is 1. The summed E-state index contributed by atoms with van der Waals surface area (Å²) in [6, 6.07) is 0. The monoisotopic (exact) mass is 236 g/mol. The first kappa shape index (κ1) is 11.0. The predicted molar refractivity (Wildman–Crippen MR) is 63.2 cm³/mol. The first-order valence-corrected chi connectivity index (χ1v) is 6.21. The standard InChI is InChI=1S/C13H17FN2O/c1-8-9(2)15-17-13(8)12(14)11-7-16-5-3-10(11)4-6-16/h10H,3-7H2,1-2H3/b12-11-. The molecule has 0 aliphatic carbocycles. The quantitative estimate of drug-likeness (QED) is 0.750. The van der Waals surface area contributed by atoms with Gasteiger partial charge in [-0.2, -0.15) is 0 Å². The van der Waals surface area contributed by atoms with Crippen molar-refractivity contribution in [2.24, 2.45) is 5.92 Å². The maximum absolute atomic E-state index is 14.5. The molecule has 3 fully saturated rings. The Morgan fingerprint density at radius 2 is 2.06 bits per heavy atom. The van der Waals surface area contributed by atoms with Crippen LogP contribution in [0.5, 0.6) is 0 Å². The van der Waals surface area contributed by atoms with E-state index < -0.39 is 0 Å². The van der Waals surface area contributed by atoms with Gasteiger partial charge < -0.3 is 4.52 Å². The van der Waals surface area contributed by atoms with Crippen LogP contribution < -0.4 is 0 Å². The van der Waals surface area contributed by atoms with Crippen LogP contribution >= 0.6 is 0 Å². The lowest BCUT2D eigenvalue weighted by atomic mass is 9.83. The van der Waals surface area contributed by atoms with E-state index >= 15 is 0 Å². The van der Waals surface area contributed by atoms with Crippen LogP contribution in [-0.4, -0.2) is 29.7 Å². The predicted octanol–water partition coefficient (Wildman–Crippen LogP) is 2.70. The highest BCUT2D eigenvalue weighted by Crippen LogP contribution is 2.38. The Morgan fingerprint density at radius 1 is 1.35 bits per heavy atom. The van der Waals surface area contributed by atoms with E-state index in [1.807, 2.05) is 13.8 Å². The van der Waals surface area contributed by atoms with Crippen LogP contribution in [0, 0.1) is 19.8 Å². The lowest BCUT2D eigenvalue weighted by Crippen LogP contribution is -2.43. The molecule has 0 spiro atoms. The van der Waals surface area contributed by atoms with Crippen molar-refractivity contribution in [2.75, 3.05) is 19.6 Å². The van der Waals surface area contributed by atoms with Crippen molar-refractivity contribution >= 4 is 5.83 Å². The highest BCUT2D eigenvalue weighted by atomic mass is 19.1. The number of piperidine rings is 3. The number of aryl methyl sites for hydroxylation is 1. The lowest BCUT2D eigenvalue weighted by molar-refractivity contribution is 0.160. The smallest absolute Gasteiger partial charge is 0.198 e.